The number of halogens is 1. The summed E-state index contributed by atoms with van der Waals surface area (Å²) in [4.78, 5) is 6.69. The van der Waals surface area contributed by atoms with Gasteiger partial charge < -0.3 is 14.8 Å². The first-order chi connectivity index (χ1) is 12.1. The first kappa shape index (κ1) is 16.1. The van der Waals surface area contributed by atoms with Crippen LogP contribution < -0.4 is 10.2 Å². The molecule has 25 heavy (non-hydrogen) atoms. The van der Waals surface area contributed by atoms with Gasteiger partial charge in [0.2, 0.25) is 0 Å². The lowest BCUT2D eigenvalue weighted by molar-refractivity contribution is 0.541. The number of nitrogens with one attached hydrogen (secondary N) is 1. The average molecular weight is 369 g/mol. The highest BCUT2D eigenvalue weighted by Crippen LogP contribution is 2.41. The molecule has 0 bridgehead atoms. The molecular weight excluding hydrogens is 352 g/mol. The number of pyridine rings is 1. The number of rotatable bonds is 3. The molecule has 0 aliphatic carbocycles. The van der Waals surface area contributed by atoms with E-state index in [2.05, 4.69) is 25.8 Å². The minimum absolute atomic E-state index is 0.00331. The number of aromatic nitrogens is 2. The third kappa shape index (κ3) is 2.90. The van der Waals surface area contributed by atoms with Crippen LogP contribution in [0.1, 0.15) is 23.5 Å². The normalized spacial score (nSPS) is 19.9. The maximum Gasteiger partial charge on any atom is 0.174 e. The molecule has 1 aliphatic heterocycles. The molecule has 126 valence electrons. The lowest BCUT2D eigenvalue weighted by Gasteiger charge is -2.28. The highest BCUT2D eigenvalue weighted by Gasteiger charge is 2.41. The Morgan fingerprint density at radius 2 is 1.88 bits per heavy atom. The van der Waals surface area contributed by atoms with E-state index in [1.165, 1.54) is 0 Å². The minimum atomic E-state index is -0.0296. The maximum atomic E-state index is 6.06. The number of hydrogen-bond donors (Lipinski definition) is 1. The predicted octanol–water partition coefficient (Wildman–Crippen LogP) is 4.25. The van der Waals surface area contributed by atoms with Gasteiger partial charge in [-0.2, -0.15) is 0 Å². The fraction of sp³-hybridized carbons (Fsp3) is 0.158. The molecule has 1 aromatic carbocycles. The van der Waals surface area contributed by atoms with E-state index in [1.54, 1.807) is 0 Å². The van der Waals surface area contributed by atoms with E-state index in [9.17, 15) is 0 Å². The summed E-state index contributed by atoms with van der Waals surface area (Å²) in [7, 11) is 2.05. The van der Waals surface area contributed by atoms with Crippen LogP contribution in [0.15, 0.2) is 67.0 Å². The van der Waals surface area contributed by atoms with Gasteiger partial charge in [0, 0.05) is 35.8 Å². The van der Waals surface area contributed by atoms with E-state index in [0.717, 1.165) is 17.1 Å². The Morgan fingerprint density at radius 1 is 1.08 bits per heavy atom. The zero-order valence-corrected chi connectivity index (χ0v) is 15.2. The minimum Gasteiger partial charge on any atom is -0.353 e. The van der Waals surface area contributed by atoms with Crippen molar-refractivity contribution < 1.29 is 0 Å². The fourth-order valence-corrected chi connectivity index (χ4v) is 3.79. The Labute approximate surface area is 157 Å². The number of thiocarbonyl (C=S) groups is 1. The van der Waals surface area contributed by atoms with Crippen molar-refractivity contribution in [2.24, 2.45) is 7.05 Å². The molecular formula is C19H17ClN4S. The van der Waals surface area contributed by atoms with E-state index in [4.69, 9.17) is 23.8 Å². The molecule has 4 nitrogen and oxygen atoms in total. The first-order valence-corrected chi connectivity index (χ1v) is 8.81. The molecule has 3 heterocycles. The van der Waals surface area contributed by atoms with E-state index in [1.807, 2.05) is 68.0 Å². The highest BCUT2D eigenvalue weighted by atomic mass is 35.5. The average Bonchev–Trinajstić information content (AvgIpc) is 3.19. The van der Waals surface area contributed by atoms with Gasteiger partial charge in [0.25, 0.3) is 0 Å². The Balaban J connectivity index is 1.83. The number of nitrogens with zero attached hydrogens (tertiary/aromatic N) is 3. The van der Waals surface area contributed by atoms with Crippen molar-refractivity contribution in [2.45, 2.75) is 12.1 Å². The van der Waals surface area contributed by atoms with Crippen molar-refractivity contribution in [3.8, 4) is 0 Å². The van der Waals surface area contributed by atoms with Gasteiger partial charge in [-0.3, -0.25) is 4.98 Å². The van der Waals surface area contributed by atoms with Gasteiger partial charge in [-0.1, -0.05) is 17.7 Å². The predicted molar refractivity (Wildman–Crippen MR) is 105 cm³/mol. The third-order valence-corrected chi connectivity index (χ3v) is 5.06. The van der Waals surface area contributed by atoms with Gasteiger partial charge >= 0.3 is 0 Å². The van der Waals surface area contributed by atoms with Crippen molar-refractivity contribution in [2.75, 3.05) is 4.90 Å². The zero-order chi connectivity index (χ0) is 17.4. The van der Waals surface area contributed by atoms with Crippen molar-refractivity contribution in [1.29, 1.82) is 0 Å². The van der Waals surface area contributed by atoms with Crippen molar-refractivity contribution >= 4 is 34.6 Å². The van der Waals surface area contributed by atoms with Crippen molar-refractivity contribution in [3.05, 3.63) is 83.4 Å². The van der Waals surface area contributed by atoms with Crippen LogP contribution >= 0.6 is 23.8 Å². The molecule has 0 saturated carbocycles. The van der Waals surface area contributed by atoms with Gasteiger partial charge in [0.05, 0.1) is 11.7 Å². The van der Waals surface area contributed by atoms with Crippen LogP contribution in [-0.4, -0.2) is 14.7 Å². The number of anilines is 1. The first-order valence-electron chi connectivity index (χ1n) is 8.02. The molecule has 0 unspecified atom stereocenters. The van der Waals surface area contributed by atoms with Crippen LogP contribution in [0.4, 0.5) is 5.69 Å². The van der Waals surface area contributed by atoms with E-state index in [-0.39, 0.29) is 12.1 Å². The molecule has 1 N–H and O–H groups in total. The Bertz CT molecular complexity index is 891. The zero-order valence-electron chi connectivity index (χ0n) is 13.6. The number of hydrogen-bond acceptors (Lipinski definition) is 2. The molecule has 1 fully saturated rings. The molecule has 0 radical (unpaired) electrons. The van der Waals surface area contributed by atoms with Crippen LogP contribution in [0.3, 0.4) is 0 Å². The highest BCUT2D eigenvalue weighted by molar-refractivity contribution is 7.80. The molecule has 2 aromatic heterocycles. The van der Waals surface area contributed by atoms with Gasteiger partial charge in [0.1, 0.15) is 6.04 Å². The molecule has 2 atom stereocenters. The van der Waals surface area contributed by atoms with Gasteiger partial charge in [-0.15, -0.1) is 0 Å². The lowest BCUT2D eigenvalue weighted by Crippen LogP contribution is -2.30. The number of aryl methyl sites for hydroxylation is 1. The second-order valence-electron chi connectivity index (χ2n) is 6.02. The van der Waals surface area contributed by atoms with Crippen LogP contribution in [0.25, 0.3) is 0 Å². The largest absolute Gasteiger partial charge is 0.353 e. The van der Waals surface area contributed by atoms with Gasteiger partial charge in [-0.25, -0.2) is 0 Å². The molecule has 1 saturated heterocycles. The molecule has 0 amide bonds. The second-order valence-corrected chi connectivity index (χ2v) is 6.84. The monoisotopic (exact) mass is 368 g/mol. The molecule has 1 aliphatic rings. The van der Waals surface area contributed by atoms with Crippen LogP contribution in [0.5, 0.6) is 0 Å². The quantitative estimate of drug-likeness (QED) is 0.700. The Morgan fingerprint density at radius 3 is 2.52 bits per heavy atom. The molecule has 3 aromatic rings. The van der Waals surface area contributed by atoms with E-state index in [0.29, 0.717) is 10.1 Å². The van der Waals surface area contributed by atoms with Crippen LogP contribution in [-0.2, 0) is 7.05 Å². The topological polar surface area (TPSA) is 33.1 Å². The summed E-state index contributed by atoms with van der Waals surface area (Å²) in [6.45, 7) is 0. The summed E-state index contributed by atoms with van der Waals surface area (Å²) >= 11 is 11.7. The summed E-state index contributed by atoms with van der Waals surface area (Å²) in [5, 5.41) is 4.84. The smallest absolute Gasteiger partial charge is 0.174 e. The summed E-state index contributed by atoms with van der Waals surface area (Å²) < 4.78 is 2.12. The molecule has 6 heteroatoms. The lowest BCUT2D eigenvalue weighted by atomic mass is 10.0. The van der Waals surface area contributed by atoms with Crippen LogP contribution in [0.2, 0.25) is 5.02 Å². The fourth-order valence-electron chi connectivity index (χ4n) is 3.32. The molecule has 4 rings (SSSR count). The Hall–Kier alpha value is -2.37. The van der Waals surface area contributed by atoms with Gasteiger partial charge in [0.15, 0.2) is 5.11 Å². The van der Waals surface area contributed by atoms with E-state index < -0.39 is 0 Å². The Kier molecular flexibility index (Phi) is 4.19. The van der Waals surface area contributed by atoms with Crippen molar-refractivity contribution in [3.63, 3.8) is 0 Å². The molecule has 0 spiro atoms. The SMILES string of the molecule is Cn1cccc1[C@@H]1[C@@H](c2ccccn2)NC(=S)N1c1ccc(Cl)cc1. The number of benzene rings is 1. The van der Waals surface area contributed by atoms with Crippen molar-refractivity contribution in [1.82, 2.24) is 14.9 Å². The maximum absolute atomic E-state index is 6.06. The second kappa shape index (κ2) is 6.50. The summed E-state index contributed by atoms with van der Waals surface area (Å²) in [6, 6.07) is 17.9. The van der Waals surface area contributed by atoms with Crippen LogP contribution in [0, 0.1) is 0 Å². The summed E-state index contributed by atoms with van der Waals surface area (Å²) in [5.41, 5.74) is 3.14. The van der Waals surface area contributed by atoms with E-state index >= 15 is 0 Å². The summed E-state index contributed by atoms with van der Waals surface area (Å²) in [6.07, 6.45) is 3.86. The standard InChI is InChI=1S/C19H17ClN4S/c1-23-12-4-6-16(23)18-17(15-5-2-3-11-21-15)22-19(25)24(18)14-9-7-13(20)8-10-14/h2-12,17-18H,1H3,(H,22,25)/t17-,18-/m1/s1. The summed E-state index contributed by atoms with van der Waals surface area (Å²) in [5.74, 6) is 0. The third-order valence-electron chi connectivity index (χ3n) is 4.49. The van der Waals surface area contributed by atoms with Gasteiger partial charge in [-0.05, 0) is 60.7 Å².